The highest BCUT2D eigenvalue weighted by molar-refractivity contribution is 14.0. The summed E-state index contributed by atoms with van der Waals surface area (Å²) in [5.41, 5.74) is 2.64. The second kappa shape index (κ2) is 15.0. The molecule has 0 radical (unpaired) electrons. The van der Waals surface area contributed by atoms with E-state index < -0.39 is 0 Å². The molecular weight excluding hydrogens is 503 g/mol. The van der Waals surface area contributed by atoms with Crippen LogP contribution in [0.1, 0.15) is 24.5 Å². The third kappa shape index (κ3) is 10.0. The van der Waals surface area contributed by atoms with Crippen molar-refractivity contribution in [2.45, 2.75) is 26.4 Å². The topological polar surface area (TPSA) is 55.4 Å². The molecule has 3 rings (SSSR count). The van der Waals surface area contributed by atoms with Crippen molar-refractivity contribution in [3.63, 3.8) is 0 Å². The Balaban J connectivity index is 0.00000341. The normalized spacial score (nSPS) is 19.5. The highest BCUT2D eigenvalue weighted by atomic mass is 127. The van der Waals surface area contributed by atoms with Crippen molar-refractivity contribution in [1.82, 2.24) is 25.3 Å². The maximum absolute atomic E-state index is 5.41. The van der Waals surface area contributed by atoms with Crippen molar-refractivity contribution in [1.29, 1.82) is 0 Å². The van der Waals surface area contributed by atoms with Crippen molar-refractivity contribution < 1.29 is 4.74 Å². The van der Waals surface area contributed by atoms with Crippen molar-refractivity contribution in [2.75, 3.05) is 79.2 Å². The Morgan fingerprint density at radius 3 is 2.42 bits per heavy atom. The molecule has 7 nitrogen and oxygen atoms in total. The van der Waals surface area contributed by atoms with E-state index in [1.54, 1.807) is 0 Å². The lowest BCUT2D eigenvalue weighted by Gasteiger charge is -2.26. The molecule has 2 fully saturated rings. The second-order valence-electron chi connectivity index (χ2n) is 8.33. The zero-order valence-corrected chi connectivity index (χ0v) is 21.6. The maximum Gasteiger partial charge on any atom is 0.191 e. The molecule has 2 saturated heterocycles. The molecule has 0 spiro atoms. The Labute approximate surface area is 205 Å². The molecule has 1 aromatic carbocycles. The second-order valence-corrected chi connectivity index (χ2v) is 8.33. The molecule has 2 heterocycles. The van der Waals surface area contributed by atoms with Crippen LogP contribution in [0.15, 0.2) is 29.3 Å². The molecule has 0 saturated carbocycles. The van der Waals surface area contributed by atoms with E-state index in [4.69, 9.17) is 9.73 Å². The molecule has 1 aromatic rings. The number of nitrogens with one attached hydrogen (secondary N) is 2. The van der Waals surface area contributed by atoms with E-state index in [1.807, 2.05) is 0 Å². The number of ether oxygens (including phenoxy) is 1. The van der Waals surface area contributed by atoms with Crippen LogP contribution in [0.3, 0.4) is 0 Å². The minimum atomic E-state index is 0. The fourth-order valence-corrected chi connectivity index (χ4v) is 3.94. The van der Waals surface area contributed by atoms with E-state index in [1.165, 1.54) is 37.2 Å². The molecule has 2 aliphatic rings. The minimum absolute atomic E-state index is 0. The molecule has 8 heteroatoms. The van der Waals surface area contributed by atoms with E-state index >= 15 is 0 Å². The summed E-state index contributed by atoms with van der Waals surface area (Å²) in [7, 11) is 2.22. The van der Waals surface area contributed by atoms with E-state index in [2.05, 4.69) is 63.6 Å². The number of hydrogen-bond acceptors (Lipinski definition) is 5. The number of guanidine groups is 1. The molecule has 31 heavy (non-hydrogen) atoms. The van der Waals surface area contributed by atoms with Gasteiger partial charge >= 0.3 is 0 Å². The van der Waals surface area contributed by atoms with Crippen molar-refractivity contribution >= 4 is 29.9 Å². The lowest BCUT2D eigenvalue weighted by molar-refractivity contribution is 0.0389. The SMILES string of the molecule is CCNC(=NCc1ccc(CN2CCCN(C)CC2)cc1)NCCN1CCOCC1.I. The van der Waals surface area contributed by atoms with Crippen molar-refractivity contribution in [3.8, 4) is 0 Å². The van der Waals surface area contributed by atoms with Gasteiger partial charge in [0.25, 0.3) is 0 Å². The fourth-order valence-electron chi connectivity index (χ4n) is 3.94. The van der Waals surface area contributed by atoms with Crippen LogP contribution < -0.4 is 10.6 Å². The largest absolute Gasteiger partial charge is 0.379 e. The van der Waals surface area contributed by atoms with Crippen LogP contribution in [-0.4, -0.2) is 99.8 Å². The van der Waals surface area contributed by atoms with Gasteiger partial charge in [-0.2, -0.15) is 0 Å². The lowest BCUT2D eigenvalue weighted by atomic mass is 10.1. The molecule has 0 aromatic heterocycles. The summed E-state index contributed by atoms with van der Waals surface area (Å²) in [6, 6.07) is 8.97. The number of morpholine rings is 1. The number of aliphatic imine (C=N–C) groups is 1. The molecule has 176 valence electrons. The van der Waals surface area contributed by atoms with Gasteiger partial charge in [0.05, 0.1) is 19.8 Å². The van der Waals surface area contributed by atoms with Gasteiger partial charge in [0.15, 0.2) is 5.96 Å². The highest BCUT2D eigenvalue weighted by Crippen LogP contribution is 2.11. The first-order valence-electron chi connectivity index (χ1n) is 11.5. The standard InChI is InChI=1S/C23H40N6O.HI/c1-3-24-23(25-9-12-28-15-17-30-18-16-28)26-19-21-5-7-22(8-6-21)20-29-11-4-10-27(2)13-14-29;/h5-8H,3-4,9-20H2,1-2H3,(H2,24,25,26);1H. The number of halogens is 1. The van der Waals surface area contributed by atoms with Gasteiger partial charge in [-0.3, -0.25) is 9.80 Å². The maximum atomic E-state index is 5.41. The van der Waals surface area contributed by atoms with E-state index in [0.29, 0.717) is 6.54 Å². The van der Waals surface area contributed by atoms with Gasteiger partial charge in [0.2, 0.25) is 0 Å². The Morgan fingerprint density at radius 2 is 1.68 bits per heavy atom. The first-order chi connectivity index (χ1) is 14.7. The number of hydrogen-bond donors (Lipinski definition) is 2. The predicted molar refractivity (Wildman–Crippen MR) is 139 cm³/mol. The van der Waals surface area contributed by atoms with Crippen LogP contribution in [-0.2, 0) is 17.8 Å². The molecule has 0 unspecified atom stereocenters. The zero-order chi connectivity index (χ0) is 21.0. The van der Waals surface area contributed by atoms with Gasteiger partial charge in [-0.15, -0.1) is 24.0 Å². The Morgan fingerprint density at radius 1 is 0.935 bits per heavy atom. The van der Waals surface area contributed by atoms with Crippen molar-refractivity contribution in [3.05, 3.63) is 35.4 Å². The number of nitrogens with zero attached hydrogens (tertiary/aromatic N) is 4. The summed E-state index contributed by atoms with van der Waals surface area (Å²) >= 11 is 0. The number of rotatable bonds is 8. The summed E-state index contributed by atoms with van der Waals surface area (Å²) < 4.78 is 5.41. The lowest BCUT2D eigenvalue weighted by Crippen LogP contribution is -2.44. The predicted octanol–water partition coefficient (Wildman–Crippen LogP) is 1.83. The third-order valence-electron chi connectivity index (χ3n) is 5.83. The van der Waals surface area contributed by atoms with Gasteiger partial charge in [0.1, 0.15) is 0 Å². The third-order valence-corrected chi connectivity index (χ3v) is 5.83. The molecule has 2 N–H and O–H groups in total. The highest BCUT2D eigenvalue weighted by Gasteiger charge is 2.12. The average molecular weight is 545 g/mol. The average Bonchev–Trinajstić information content (AvgIpc) is 2.98. The first-order valence-corrected chi connectivity index (χ1v) is 11.5. The van der Waals surface area contributed by atoms with Crippen LogP contribution >= 0.6 is 24.0 Å². The summed E-state index contributed by atoms with van der Waals surface area (Å²) in [6.07, 6.45) is 1.26. The first kappa shape index (κ1) is 26.3. The molecule has 0 atom stereocenters. The Kier molecular flexibility index (Phi) is 12.7. The Bertz CT molecular complexity index is 635. The van der Waals surface area contributed by atoms with Crippen LogP contribution in [0.5, 0.6) is 0 Å². The van der Waals surface area contributed by atoms with E-state index in [-0.39, 0.29) is 24.0 Å². The molecule has 2 aliphatic heterocycles. The zero-order valence-electron chi connectivity index (χ0n) is 19.3. The monoisotopic (exact) mass is 544 g/mol. The smallest absolute Gasteiger partial charge is 0.191 e. The molecule has 0 bridgehead atoms. The van der Waals surface area contributed by atoms with Crippen LogP contribution in [0.4, 0.5) is 0 Å². The molecular formula is C23H41IN6O. The summed E-state index contributed by atoms with van der Waals surface area (Å²) in [5.74, 6) is 0.892. The Hall–Kier alpha value is -0.940. The fraction of sp³-hybridized carbons (Fsp3) is 0.696. The minimum Gasteiger partial charge on any atom is -0.379 e. The van der Waals surface area contributed by atoms with Gasteiger partial charge in [0, 0.05) is 52.4 Å². The summed E-state index contributed by atoms with van der Waals surface area (Å²) in [5, 5.41) is 6.81. The van der Waals surface area contributed by atoms with Crippen molar-refractivity contribution in [2.24, 2.45) is 4.99 Å². The quantitative estimate of drug-likeness (QED) is 0.296. The van der Waals surface area contributed by atoms with Crippen LogP contribution in [0.2, 0.25) is 0 Å². The van der Waals surface area contributed by atoms with Crippen LogP contribution in [0.25, 0.3) is 0 Å². The van der Waals surface area contributed by atoms with E-state index in [9.17, 15) is 0 Å². The number of benzene rings is 1. The number of likely N-dealkylation sites (N-methyl/N-ethyl adjacent to an activating group) is 1. The van der Waals surface area contributed by atoms with Gasteiger partial charge in [-0.25, -0.2) is 4.99 Å². The van der Waals surface area contributed by atoms with Gasteiger partial charge in [-0.05, 0) is 44.6 Å². The van der Waals surface area contributed by atoms with E-state index in [0.717, 1.165) is 65.0 Å². The van der Waals surface area contributed by atoms with Gasteiger partial charge in [-0.1, -0.05) is 24.3 Å². The summed E-state index contributed by atoms with van der Waals surface area (Å²) in [6.45, 7) is 15.1. The summed E-state index contributed by atoms with van der Waals surface area (Å²) in [4.78, 5) is 12.2. The van der Waals surface area contributed by atoms with Gasteiger partial charge < -0.3 is 20.3 Å². The molecule has 0 amide bonds. The molecule has 0 aliphatic carbocycles. The van der Waals surface area contributed by atoms with Crippen LogP contribution in [0, 0.1) is 0 Å².